The number of benzene rings is 2. The number of hydrogen-bond acceptors (Lipinski definition) is 5. The SMILES string of the molecule is CCCCCNC(=O)CN(CC(=O)N(C)N1Cc2ccc(F)cc2C1)c1cc2c(cc1C)C(=O)CC2. The summed E-state index contributed by atoms with van der Waals surface area (Å²) in [6.45, 7) is 5.66. The molecule has 0 saturated heterocycles. The molecule has 8 heteroatoms. The van der Waals surface area contributed by atoms with Gasteiger partial charge in [-0.25, -0.2) is 9.40 Å². The van der Waals surface area contributed by atoms with E-state index in [9.17, 15) is 18.8 Å². The van der Waals surface area contributed by atoms with Gasteiger partial charge in [-0.05, 0) is 66.3 Å². The smallest absolute Gasteiger partial charge is 0.256 e. The molecular weight excluding hydrogens is 459 g/mol. The summed E-state index contributed by atoms with van der Waals surface area (Å²) in [5.41, 5.74) is 5.23. The highest BCUT2D eigenvalue weighted by atomic mass is 19.1. The minimum Gasteiger partial charge on any atom is -0.355 e. The first kappa shape index (κ1) is 25.8. The lowest BCUT2D eigenvalue weighted by atomic mass is 10.0. The van der Waals surface area contributed by atoms with Crippen molar-refractivity contribution in [2.45, 2.75) is 59.0 Å². The van der Waals surface area contributed by atoms with Gasteiger partial charge in [-0.3, -0.25) is 19.4 Å². The molecule has 2 amide bonds. The van der Waals surface area contributed by atoms with Crippen molar-refractivity contribution in [2.75, 3.05) is 31.6 Å². The van der Waals surface area contributed by atoms with E-state index in [2.05, 4.69) is 12.2 Å². The van der Waals surface area contributed by atoms with E-state index >= 15 is 0 Å². The normalized spacial score (nSPS) is 14.5. The van der Waals surface area contributed by atoms with Gasteiger partial charge in [0.05, 0.1) is 13.1 Å². The summed E-state index contributed by atoms with van der Waals surface area (Å²) in [6, 6.07) is 8.55. The number of carbonyl (C=O) groups is 3. The van der Waals surface area contributed by atoms with Crippen molar-refractivity contribution in [3.8, 4) is 0 Å². The van der Waals surface area contributed by atoms with Crippen molar-refractivity contribution in [3.05, 3.63) is 64.0 Å². The Balaban J connectivity index is 1.50. The summed E-state index contributed by atoms with van der Waals surface area (Å²) in [4.78, 5) is 40.2. The van der Waals surface area contributed by atoms with Gasteiger partial charge in [0.25, 0.3) is 5.91 Å². The number of ketones is 1. The second kappa shape index (κ2) is 11.2. The Morgan fingerprint density at radius 2 is 1.81 bits per heavy atom. The topological polar surface area (TPSA) is 73.0 Å². The zero-order valence-electron chi connectivity index (χ0n) is 21.4. The van der Waals surface area contributed by atoms with Gasteiger partial charge >= 0.3 is 0 Å². The quantitative estimate of drug-likeness (QED) is 0.509. The number of anilines is 1. The van der Waals surface area contributed by atoms with Gasteiger partial charge in [0.1, 0.15) is 5.82 Å². The predicted molar refractivity (Wildman–Crippen MR) is 137 cm³/mol. The summed E-state index contributed by atoms with van der Waals surface area (Å²) >= 11 is 0. The fourth-order valence-corrected chi connectivity index (χ4v) is 4.97. The molecular formula is C28H35FN4O3. The van der Waals surface area contributed by atoms with Crippen LogP contribution in [0.3, 0.4) is 0 Å². The number of halogens is 1. The molecule has 2 aromatic rings. The van der Waals surface area contributed by atoms with Gasteiger partial charge < -0.3 is 10.2 Å². The van der Waals surface area contributed by atoms with Crippen LogP contribution in [0, 0.1) is 12.7 Å². The molecule has 1 N–H and O–H groups in total. The van der Waals surface area contributed by atoms with Gasteiger partial charge in [0.15, 0.2) is 5.78 Å². The van der Waals surface area contributed by atoms with E-state index in [0.29, 0.717) is 32.5 Å². The summed E-state index contributed by atoms with van der Waals surface area (Å²) in [5.74, 6) is -0.452. The molecule has 36 heavy (non-hydrogen) atoms. The van der Waals surface area contributed by atoms with Crippen LogP contribution in [0.25, 0.3) is 0 Å². The number of hydrazine groups is 1. The molecule has 0 fully saturated rings. The van der Waals surface area contributed by atoms with Crippen molar-refractivity contribution in [2.24, 2.45) is 0 Å². The first-order chi connectivity index (χ1) is 17.3. The molecule has 0 spiro atoms. The van der Waals surface area contributed by atoms with E-state index in [4.69, 9.17) is 0 Å². The van der Waals surface area contributed by atoms with Crippen molar-refractivity contribution >= 4 is 23.3 Å². The Labute approximate surface area is 212 Å². The number of fused-ring (bicyclic) bond motifs is 2. The Hall–Kier alpha value is -3.26. The average Bonchev–Trinajstić information content (AvgIpc) is 3.43. The molecule has 0 saturated carbocycles. The number of likely N-dealkylation sites (N-methyl/N-ethyl adjacent to an activating group) is 1. The third kappa shape index (κ3) is 5.75. The van der Waals surface area contributed by atoms with Crippen LogP contribution >= 0.6 is 0 Å². The molecule has 0 aromatic heterocycles. The van der Waals surface area contributed by atoms with Crippen LogP contribution in [0.4, 0.5) is 10.1 Å². The van der Waals surface area contributed by atoms with Crippen LogP contribution in [-0.4, -0.2) is 54.3 Å². The molecule has 2 aliphatic rings. The summed E-state index contributed by atoms with van der Waals surface area (Å²) in [6.07, 6.45) is 4.21. The summed E-state index contributed by atoms with van der Waals surface area (Å²) in [5, 5.41) is 6.41. The third-order valence-corrected chi connectivity index (χ3v) is 7.11. The number of amides is 2. The second-order valence-corrected chi connectivity index (χ2v) is 9.79. The maximum absolute atomic E-state index is 13.7. The van der Waals surface area contributed by atoms with Gasteiger partial charge in [-0.15, -0.1) is 0 Å². The minimum absolute atomic E-state index is 0.00760. The van der Waals surface area contributed by atoms with Crippen LogP contribution in [-0.2, 0) is 29.1 Å². The van der Waals surface area contributed by atoms with Crippen LogP contribution in [0.5, 0.6) is 0 Å². The van der Waals surface area contributed by atoms with E-state index in [1.54, 1.807) is 23.0 Å². The van der Waals surface area contributed by atoms with Crippen molar-refractivity contribution in [1.29, 1.82) is 0 Å². The summed E-state index contributed by atoms with van der Waals surface area (Å²) < 4.78 is 13.7. The number of aryl methyl sites for hydroxylation is 2. The Kier molecular flexibility index (Phi) is 8.04. The number of unbranched alkanes of at least 4 members (excludes halogenated alkanes) is 2. The number of nitrogens with zero attached hydrogens (tertiary/aromatic N) is 3. The minimum atomic E-state index is -0.286. The first-order valence-corrected chi connectivity index (χ1v) is 12.7. The molecule has 1 aliphatic carbocycles. The van der Waals surface area contributed by atoms with E-state index < -0.39 is 0 Å². The highest BCUT2D eigenvalue weighted by Gasteiger charge is 2.28. The molecule has 0 radical (unpaired) electrons. The van der Waals surface area contributed by atoms with Crippen LogP contribution in [0.15, 0.2) is 30.3 Å². The largest absolute Gasteiger partial charge is 0.355 e. The number of hydrogen-bond donors (Lipinski definition) is 1. The van der Waals surface area contributed by atoms with Crippen molar-refractivity contribution < 1.29 is 18.8 Å². The standard InChI is InChI=1S/C28H35FN4O3/c1-4-5-6-11-30-27(35)17-32(25-14-20-8-10-26(34)24(20)12-19(25)2)18-28(36)31(3)33-15-21-7-9-23(29)13-22(21)16-33/h7,9,12-14H,4-6,8,10-11,15-18H2,1-3H3,(H,30,35). The molecule has 2 aromatic carbocycles. The lowest BCUT2D eigenvalue weighted by Crippen LogP contribution is -2.48. The third-order valence-electron chi connectivity index (χ3n) is 7.11. The number of carbonyl (C=O) groups excluding carboxylic acids is 3. The van der Waals surface area contributed by atoms with Crippen LogP contribution in [0.2, 0.25) is 0 Å². The molecule has 0 atom stereocenters. The van der Waals surface area contributed by atoms with Crippen LogP contribution in [0.1, 0.15) is 65.2 Å². The van der Waals surface area contributed by atoms with Gasteiger partial charge in [0.2, 0.25) is 5.91 Å². The molecule has 1 aliphatic heterocycles. The van der Waals surface area contributed by atoms with E-state index in [1.165, 1.54) is 12.1 Å². The van der Waals surface area contributed by atoms with Gasteiger partial charge in [0, 0.05) is 44.4 Å². The van der Waals surface area contributed by atoms with Crippen molar-refractivity contribution in [3.63, 3.8) is 0 Å². The summed E-state index contributed by atoms with van der Waals surface area (Å²) in [7, 11) is 1.71. The second-order valence-electron chi connectivity index (χ2n) is 9.79. The van der Waals surface area contributed by atoms with E-state index in [1.807, 2.05) is 24.1 Å². The molecule has 0 bridgehead atoms. The highest BCUT2D eigenvalue weighted by molar-refractivity contribution is 6.01. The van der Waals surface area contributed by atoms with Gasteiger partial charge in [-0.1, -0.05) is 25.8 Å². The van der Waals surface area contributed by atoms with E-state index in [0.717, 1.165) is 52.8 Å². The maximum atomic E-state index is 13.7. The lowest BCUT2D eigenvalue weighted by Gasteiger charge is -2.32. The number of rotatable bonds is 10. The Morgan fingerprint density at radius 3 is 2.58 bits per heavy atom. The van der Waals surface area contributed by atoms with Crippen LogP contribution < -0.4 is 10.2 Å². The Bertz CT molecular complexity index is 1170. The lowest BCUT2D eigenvalue weighted by molar-refractivity contribution is -0.145. The fraction of sp³-hybridized carbons (Fsp3) is 0.464. The number of nitrogens with one attached hydrogen (secondary N) is 1. The Morgan fingerprint density at radius 1 is 1.03 bits per heavy atom. The maximum Gasteiger partial charge on any atom is 0.256 e. The molecule has 7 nitrogen and oxygen atoms in total. The average molecular weight is 495 g/mol. The van der Waals surface area contributed by atoms with Gasteiger partial charge in [-0.2, -0.15) is 0 Å². The highest BCUT2D eigenvalue weighted by Crippen LogP contribution is 2.31. The molecule has 1 heterocycles. The zero-order valence-corrected chi connectivity index (χ0v) is 21.4. The first-order valence-electron chi connectivity index (χ1n) is 12.7. The molecule has 192 valence electrons. The van der Waals surface area contributed by atoms with E-state index in [-0.39, 0.29) is 36.5 Å². The molecule has 0 unspecified atom stereocenters. The monoisotopic (exact) mass is 494 g/mol. The number of Topliss-reactive ketones (excluding diaryl/α,β-unsaturated/α-hetero) is 1. The molecule has 4 rings (SSSR count). The van der Waals surface area contributed by atoms with Crippen molar-refractivity contribution in [1.82, 2.24) is 15.3 Å². The zero-order chi connectivity index (χ0) is 25.8. The predicted octanol–water partition coefficient (Wildman–Crippen LogP) is 3.77. The fourth-order valence-electron chi connectivity index (χ4n) is 4.97.